The molecular formula is C17H17N5OS3. The molecule has 3 aromatic heterocycles. The lowest BCUT2D eigenvalue weighted by molar-refractivity contribution is -0.113. The molecule has 0 fully saturated rings. The third-order valence-electron chi connectivity index (χ3n) is 3.52. The highest BCUT2D eigenvalue weighted by atomic mass is 32.2. The van der Waals surface area contributed by atoms with Crippen LogP contribution in [0.4, 0.5) is 5.00 Å². The van der Waals surface area contributed by atoms with Crippen molar-refractivity contribution in [3.63, 3.8) is 0 Å². The number of anilines is 1. The Kier molecular flexibility index (Phi) is 6.08. The number of aromatic nitrogens is 3. The first-order valence-electron chi connectivity index (χ1n) is 8.01. The number of nitrogens with zero attached hydrogens (tertiary/aromatic N) is 4. The van der Waals surface area contributed by atoms with E-state index in [1.54, 1.807) is 22.8 Å². The van der Waals surface area contributed by atoms with E-state index in [4.69, 9.17) is 5.26 Å². The van der Waals surface area contributed by atoms with Crippen molar-refractivity contribution in [3.8, 4) is 17.5 Å². The standard InChI is InChI=1S/C17H17N5OS3/c1-3-5-22-15(13-7-11(2)25-9-13)20-21-17(22)26-10-14(23)19-16-12(8-18)4-6-24-16/h4,6-7,9H,3,5,10H2,1-2H3,(H,19,23). The number of thiophene rings is 2. The number of carbonyl (C=O) groups excluding carboxylic acids is 1. The predicted molar refractivity (Wildman–Crippen MR) is 107 cm³/mol. The number of nitriles is 1. The van der Waals surface area contributed by atoms with Crippen LogP contribution in [0, 0.1) is 18.3 Å². The van der Waals surface area contributed by atoms with Gasteiger partial charge in [0.2, 0.25) is 5.91 Å². The highest BCUT2D eigenvalue weighted by Crippen LogP contribution is 2.28. The summed E-state index contributed by atoms with van der Waals surface area (Å²) in [6.07, 6.45) is 0.953. The quantitative estimate of drug-likeness (QED) is 0.592. The molecule has 6 nitrogen and oxygen atoms in total. The van der Waals surface area contributed by atoms with E-state index >= 15 is 0 Å². The molecule has 3 aromatic rings. The molecule has 0 saturated heterocycles. The van der Waals surface area contributed by atoms with E-state index in [-0.39, 0.29) is 11.7 Å². The molecule has 1 amide bonds. The van der Waals surface area contributed by atoms with Crippen molar-refractivity contribution in [1.29, 1.82) is 5.26 Å². The first-order valence-corrected chi connectivity index (χ1v) is 10.8. The summed E-state index contributed by atoms with van der Waals surface area (Å²) in [5, 5.41) is 25.6. The molecule has 0 aliphatic heterocycles. The molecule has 0 bridgehead atoms. The Morgan fingerprint density at radius 3 is 2.96 bits per heavy atom. The third-order valence-corrected chi connectivity index (χ3v) is 6.18. The number of rotatable bonds is 7. The van der Waals surface area contributed by atoms with Gasteiger partial charge in [0.05, 0.1) is 11.3 Å². The lowest BCUT2D eigenvalue weighted by Gasteiger charge is -2.08. The minimum Gasteiger partial charge on any atom is -0.316 e. The second-order valence-corrected chi connectivity index (χ2v) is 8.49. The number of hydrogen-bond acceptors (Lipinski definition) is 7. The molecule has 1 N–H and O–H groups in total. The zero-order valence-corrected chi connectivity index (χ0v) is 16.8. The van der Waals surface area contributed by atoms with Crippen LogP contribution in [-0.2, 0) is 11.3 Å². The predicted octanol–water partition coefficient (Wildman–Crippen LogP) is 4.39. The topological polar surface area (TPSA) is 83.6 Å². The SMILES string of the molecule is CCCn1c(SCC(=O)Nc2sccc2C#N)nnc1-c1csc(C)c1. The second-order valence-electron chi connectivity index (χ2n) is 5.52. The Hall–Kier alpha value is -2.15. The van der Waals surface area contributed by atoms with Crippen LogP contribution >= 0.6 is 34.4 Å². The Bertz CT molecular complexity index is 950. The maximum atomic E-state index is 12.2. The molecule has 134 valence electrons. The van der Waals surface area contributed by atoms with Gasteiger partial charge >= 0.3 is 0 Å². The first kappa shape index (κ1) is 18.6. The van der Waals surface area contributed by atoms with Gasteiger partial charge in [-0.2, -0.15) is 5.26 Å². The molecule has 9 heteroatoms. The highest BCUT2D eigenvalue weighted by Gasteiger charge is 2.16. The maximum absolute atomic E-state index is 12.2. The van der Waals surface area contributed by atoms with Gasteiger partial charge in [0.25, 0.3) is 0 Å². The molecule has 0 aliphatic carbocycles. The summed E-state index contributed by atoms with van der Waals surface area (Å²) in [6.45, 7) is 4.96. The van der Waals surface area contributed by atoms with Crippen LogP contribution in [0.25, 0.3) is 11.4 Å². The molecule has 0 aliphatic rings. The fourth-order valence-corrected chi connectivity index (χ4v) is 4.58. The van der Waals surface area contributed by atoms with E-state index in [1.165, 1.54) is 28.0 Å². The summed E-state index contributed by atoms with van der Waals surface area (Å²) in [5.41, 5.74) is 1.54. The lowest BCUT2D eigenvalue weighted by Crippen LogP contribution is -2.14. The van der Waals surface area contributed by atoms with Gasteiger partial charge in [-0.05, 0) is 30.9 Å². The number of carbonyl (C=O) groups is 1. The largest absolute Gasteiger partial charge is 0.316 e. The summed E-state index contributed by atoms with van der Waals surface area (Å²) in [5.74, 6) is 0.893. The van der Waals surface area contributed by atoms with Crippen LogP contribution in [0.5, 0.6) is 0 Å². The van der Waals surface area contributed by atoms with Gasteiger partial charge < -0.3 is 9.88 Å². The zero-order chi connectivity index (χ0) is 18.5. The van der Waals surface area contributed by atoms with Crippen LogP contribution in [0.15, 0.2) is 28.0 Å². The highest BCUT2D eigenvalue weighted by molar-refractivity contribution is 7.99. The van der Waals surface area contributed by atoms with Crippen molar-refractivity contribution in [1.82, 2.24) is 14.8 Å². The minimum atomic E-state index is -0.159. The van der Waals surface area contributed by atoms with E-state index in [0.29, 0.717) is 10.6 Å². The molecule has 0 aromatic carbocycles. The zero-order valence-electron chi connectivity index (χ0n) is 14.4. The van der Waals surface area contributed by atoms with Crippen LogP contribution in [-0.4, -0.2) is 26.4 Å². The summed E-state index contributed by atoms with van der Waals surface area (Å²) in [6, 6.07) is 5.86. The van der Waals surface area contributed by atoms with Crippen molar-refractivity contribution in [2.75, 3.05) is 11.1 Å². The maximum Gasteiger partial charge on any atom is 0.235 e. The summed E-state index contributed by atoms with van der Waals surface area (Å²) < 4.78 is 2.06. The molecule has 0 spiro atoms. The molecule has 0 saturated carbocycles. The van der Waals surface area contributed by atoms with Crippen molar-refractivity contribution < 1.29 is 4.79 Å². The second kappa shape index (κ2) is 8.49. The van der Waals surface area contributed by atoms with Gasteiger partial charge in [-0.1, -0.05) is 18.7 Å². The van der Waals surface area contributed by atoms with Gasteiger partial charge in [0.1, 0.15) is 11.1 Å². The third kappa shape index (κ3) is 4.15. The number of amides is 1. The fraction of sp³-hybridized carbons (Fsp3) is 0.294. The lowest BCUT2D eigenvalue weighted by atomic mass is 10.3. The fourth-order valence-electron chi connectivity index (χ4n) is 2.38. The average molecular weight is 404 g/mol. The molecule has 26 heavy (non-hydrogen) atoms. The number of thioether (sulfide) groups is 1. The number of hydrogen-bond donors (Lipinski definition) is 1. The minimum absolute atomic E-state index is 0.159. The van der Waals surface area contributed by atoms with Gasteiger partial charge in [-0.25, -0.2) is 0 Å². The molecule has 0 radical (unpaired) electrons. The Morgan fingerprint density at radius 2 is 2.27 bits per heavy atom. The number of nitrogens with one attached hydrogen (secondary N) is 1. The normalized spacial score (nSPS) is 10.7. The summed E-state index contributed by atoms with van der Waals surface area (Å²) in [4.78, 5) is 13.4. The Balaban J connectivity index is 1.70. The summed E-state index contributed by atoms with van der Waals surface area (Å²) in [7, 11) is 0. The monoisotopic (exact) mass is 403 g/mol. The van der Waals surface area contributed by atoms with Crippen LogP contribution in [0.2, 0.25) is 0 Å². The van der Waals surface area contributed by atoms with E-state index in [9.17, 15) is 4.79 Å². The van der Waals surface area contributed by atoms with Gasteiger partial charge in [0, 0.05) is 22.4 Å². The first-order chi connectivity index (χ1) is 12.6. The van der Waals surface area contributed by atoms with Crippen molar-refractivity contribution in [2.45, 2.75) is 32.0 Å². The van der Waals surface area contributed by atoms with Gasteiger partial charge in [-0.15, -0.1) is 32.9 Å². The Labute approximate surface area is 163 Å². The number of aryl methyl sites for hydroxylation is 1. The van der Waals surface area contributed by atoms with Crippen molar-refractivity contribution >= 4 is 45.3 Å². The Morgan fingerprint density at radius 1 is 1.42 bits per heavy atom. The van der Waals surface area contributed by atoms with Crippen LogP contribution in [0.1, 0.15) is 23.8 Å². The molecule has 3 heterocycles. The van der Waals surface area contributed by atoms with Crippen molar-refractivity contribution in [2.24, 2.45) is 0 Å². The smallest absolute Gasteiger partial charge is 0.235 e. The molecular weight excluding hydrogens is 386 g/mol. The van der Waals surface area contributed by atoms with Crippen LogP contribution in [0.3, 0.4) is 0 Å². The average Bonchev–Trinajstić information content (AvgIpc) is 3.33. The summed E-state index contributed by atoms with van der Waals surface area (Å²) >= 11 is 4.38. The molecule has 0 unspecified atom stereocenters. The van der Waals surface area contributed by atoms with E-state index in [2.05, 4.69) is 51.4 Å². The van der Waals surface area contributed by atoms with E-state index in [0.717, 1.165) is 29.5 Å². The molecule has 0 atom stereocenters. The van der Waals surface area contributed by atoms with Crippen LogP contribution < -0.4 is 5.32 Å². The molecule has 3 rings (SSSR count). The van der Waals surface area contributed by atoms with E-state index in [1.807, 2.05) is 0 Å². The van der Waals surface area contributed by atoms with Gasteiger partial charge in [-0.3, -0.25) is 4.79 Å². The van der Waals surface area contributed by atoms with Crippen molar-refractivity contribution in [3.05, 3.63) is 33.3 Å². The van der Waals surface area contributed by atoms with Gasteiger partial charge in [0.15, 0.2) is 11.0 Å². The van der Waals surface area contributed by atoms with E-state index < -0.39 is 0 Å².